The summed E-state index contributed by atoms with van der Waals surface area (Å²) in [6, 6.07) is 0. The van der Waals surface area contributed by atoms with E-state index in [1.807, 2.05) is 0 Å². The molecule has 0 aromatic carbocycles. The molecule has 0 aliphatic heterocycles. The predicted molar refractivity (Wildman–Crippen MR) is 99.7 cm³/mol. The average molecular weight is 292 g/mol. The first-order valence-electron chi connectivity index (χ1n) is 9.70. The Kier molecular flexibility index (Phi) is 6.88. The summed E-state index contributed by atoms with van der Waals surface area (Å²) in [4.78, 5) is 0. The molecule has 4 atom stereocenters. The molecule has 0 N–H and O–H groups in total. The highest BCUT2D eigenvalue weighted by Gasteiger charge is 2.51. The largest absolute Gasteiger partial charge is 0.110 e. The molecule has 0 nitrogen and oxygen atoms in total. The van der Waals surface area contributed by atoms with Crippen molar-refractivity contribution in [3.05, 3.63) is 0 Å². The van der Waals surface area contributed by atoms with E-state index in [4.69, 9.17) is 0 Å². The lowest BCUT2D eigenvalue weighted by molar-refractivity contribution is -0.00725. The van der Waals surface area contributed by atoms with E-state index in [0.717, 1.165) is 23.7 Å². The maximum absolute atomic E-state index is 2.64. The van der Waals surface area contributed by atoms with Crippen molar-refractivity contribution in [3.63, 3.8) is 0 Å². The van der Waals surface area contributed by atoms with Gasteiger partial charge in [0.1, 0.15) is 7.85 Å². The Morgan fingerprint density at radius 3 is 1.86 bits per heavy atom. The Labute approximate surface area is 136 Å². The lowest BCUT2D eigenvalue weighted by Gasteiger charge is -2.58. The van der Waals surface area contributed by atoms with Crippen LogP contribution in [0.25, 0.3) is 0 Å². The zero-order valence-electron chi connectivity index (χ0n) is 16.3. The summed E-state index contributed by atoms with van der Waals surface area (Å²) in [5.41, 5.74) is 0.497. The molecule has 1 aliphatic carbocycles. The van der Waals surface area contributed by atoms with Crippen LogP contribution in [0.5, 0.6) is 0 Å². The molecule has 0 heterocycles. The fourth-order valence-corrected chi connectivity index (χ4v) is 5.27. The molecule has 0 amide bonds. The van der Waals surface area contributed by atoms with Gasteiger partial charge in [0.25, 0.3) is 0 Å². The van der Waals surface area contributed by atoms with Crippen LogP contribution in [0.2, 0.25) is 5.31 Å². The molecule has 4 unspecified atom stereocenters. The monoisotopic (exact) mass is 292 g/mol. The van der Waals surface area contributed by atoms with Crippen LogP contribution in [0.4, 0.5) is 0 Å². The van der Waals surface area contributed by atoms with Crippen molar-refractivity contribution in [2.75, 3.05) is 0 Å². The fourth-order valence-electron chi connectivity index (χ4n) is 5.27. The van der Waals surface area contributed by atoms with Crippen LogP contribution in [0.1, 0.15) is 93.4 Å². The minimum atomic E-state index is 0.497. The highest BCUT2D eigenvalue weighted by Crippen LogP contribution is 2.62. The van der Waals surface area contributed by atoms with Gasteiger partial charge >= 0.3 is 0 Å². The summed E-state index contributed by atoms with van der Waals surface area (Å²) in [5, 5.41) is 0.541. The molecule has 0 radical (unpaired) electrons. The SMILES string of the molecule is BC1(C(CCCC)CCCC)CC(C)(C)C(C)C(C)C1C. The van der Waals surface area contributed by atoms with Gasteiger partial charge in [-0.1, -0.05) is 92.3 Å². The average Bonchev–Trinajstić information content (AvgIpc) is 2.43. The van der Waals surface area contributed by atoms with E-state index in [0.29, 0.717) is 10.7 Å². The molecular formula is C20H41B. The van der Waals surface area contributed by atoms with Crippen LogP contribution < -0.4 is 0 Å². The first kappa shape index (κ1) is 19.1. The summed E-state index contributed by atoms with van der Waals surface area (Å²) >= 11 is 0. The van der Waals surface area contributed by atoms with Crippen molar-refractivity contribution in [1.29, 1.82) is 0 Å². The Balaban J connectivity index is 3.00. The first-order chi connectivity index (χ1) is 9.70. The number of hydrogen-bond donors (Lipinski definition) is 0. The van der Waals surface area contributed by atoms with Crippen LogP contribution in [-0.4, -0.2) is 7.85 Å². The van der Waals surface area contributed by atoms with Gasteiger partial charge in [-0.25, -0.2) is 0 Å². The van der Waals surface area contributed by atoms with Crippen LogP contribution in [-0.2, 0) is 0 Å². The lowest BCUT2D eigenvalue weighted by Crippen LogP contribution is -2.48. The van der Waals surface area contributed by atoms with Gasteiger partial charge in [0, 0.05) is 0 Å². The van der Waals surface area contributed by atoms with E-state index in [-0.39, 0.29) is 0 Å². The van der Waals surface area contributed by atoms with E-state index >= 15 is 0 Å². The molecule has 0 bridgehead atoms. The summed E-state index contributed by atoms with van der Waals surface area (Å²) < 4.78 is 0. The van der Waals surface area contributed by atoms with Crippen LogP contribution in [0.3, 0.4) is 0 Å². The van der Waals surface area contributed by atoms with Gasteiger partial charge in [0.05, 0.1) is 0 Å². The van der Waals surface area contributed by atoms with Gasteiger partial charge in [-0.2, -0.15) is 0 Å². The first-order valence-corrected chi connectivity index (χ1v) is 9.70. The Morgan fingerprint density at radius 1 is 0.952 bits per heavy atom. The van der Waals surface area contributed by atoms with Crippen molar-refractivity contribution in [2.24, 2.45) is 29.1 Å². The lowest BCUT2D eigenvalue weighted by atomic mass is 9.40. The third kappa shape index (κ3) is 4.08. The molecule has 0 spiro atoms. The van der Waals surface area contributed by atoms with Gasteiger partial charge in [-0.15, -0.1) is 0 Å². The zero-order valence-corrected chi connectivity index (χ0v) is 16.3. The summed E-state index contributed by atoms with van der Waals surface area (Å²) in [6.07, 6.45) is 9.86. The molecule has 124 valence electrons. The third-order valence-electron chi connectivity index (χ3n) is 7.43. The maximum Gasteiger partial charge on any atom is 0.110 e. The smallest absolute Gasteiger partial charge is 0.0654 e. The molecule has 1 rings (SSSR count). The maximum atomic E-state index is 2.64. The molecule has 1 saturated carbocycles. The Bertz CT molecular complexity index is 301. The number of unbranched alkanes of at least 4 members (excludes halogenated alkanes) is 2. The molecule has 1 aliphatic rings. The predicted octanol–water partition coefficient (Wildman–Crippen LogP) is 6.11. The molecule has 0 aromatic heterocycles. The summed E-state index contributed by atoms with van der Waals surface area (Å²) in [5.74, 6) is 3.49. The quantitative estimate of drug-likeness (QED) is 0.496. The van der Waals surface area contributed by atoms with E-state index in [2.05, 4.69) is 56.3 Å². The van der Waals surface area contributed by atoms with Crippen molar-refractivity contribution in [1.82, 2.24) is 0 Å². The Morgan fingerprint density at radius 2 is 1.43 bits per heavy atom. The zero-order chi connectivity index (χ0) is 16.3. The molecular weight excluding hydrogens is 251 g/mol. The highest BCUT2D eigenvalue weighted by molar-refractivity contribution is 6.15. The van der Waals surface area contributed by atoms with Gasteiger partial charge < -0.3 is 0 Å². The van der Waals surface area contributed by atoms with E-state index < -0.39 is 0 Å². The van der Waals surface area contributed by atoms with Crippen molar-refractivity contribution in [2.45, 2.75) is 98.7 Å². The van der Waals surface area contributed by atoms with E-state index in [1.54, 1.807) is 0 Å². The molecule has 1 heteroatoms. The second-order valence-electron chi connectivity index (χ2n) is 9.09. The van der Waals surface area contributed by atoms with E-state index in [1.165, 1.54) is 44.9 Å². The molecule has 1 fully saturated rings. The number of hydrogen-bond acceptors (Lipinski definition) is 0. The van der Waals surface area contributed by atoms with Crippen LogP contribution in [0.15, 0.2) is 0 Å². The Hall–Kier alpha value is 0.0649. The summed E-state index contributed by atoms with van der Waals surface area (Å²) in [6.45, 7) is 17.3. The second-order valence-corrected chi connectivity index (χ2v) is 9.09. The third-order valence-corrected chi connectivity index (χ3v) is 7.43. The minimum absolute atomic E-state index is 0.497. The van der Waals surface area contributed by atoms with Gasteiger partial charge in [0.15, 0.2) is 0 Å². The summed E-state index contributed by atoms with van der Waals surface area (Å²) in [7, 11) is 2.64. The van der Waals surface area contributed by atoms with Gasteiger partial charge in [0.2, 0.25) is 0 Å². The number of rotatable bonds is 7. The van der Waals surface area contributed by atoms with Crippen molar-refractivity contribution >= 4 is 7.85 Å². The highest BCUT2D eigenvalue weighted by atomic mass is 14.5. The molecule has 0 aromatic rings. The molecule has 0 saturated heterocycles. The topological polar surface area (TPSA) is 0 Å². The minimum Gasteiger partial charge on any atom is -0.0654 e. The van der Waals surface area contributed by atoms with Gasteiger partial charge in [-0.3, -0.25) is 0 Å². The normalized spacial score (nSPS) is 36.1. The van der Waals surface area contributed by atoms with Crippen LogP contribution in [0, 0.1) is 29.1 Å². The van der Waals surface area contributed by atoms with Crippen molar-refractivity contribution in [3.8, 4) is 0 Å². The second kappa shape index (κ2) is 7.56. The molecule has 21 heavy (non-hydrogen) atoms. The van der Waals surface area contributed by atoms with Gasteiger partial charge in [-0.05, 0) is 35.5 Å². The fraction of sp³-hybridized carbons (Fsp3) is 1.00. The standard InChI is InChI=1S/C20H41B/c1-8-10-12-18(13-11-9-2)20(21)14-19(6,7)16(4)15(3)17(20)5/h15-18H,8-14,21H2,1-7H3. The van der Waals surface area contributed by atoms with Crippen molar-refractivity contribution < 1.29 is 0 Å². The van der Waals surface area contributed by atoms with Crippen LogP contribution >= 0.6 is 0 Å². The van der Waals surface area contributed by atoms with E-state index in [9.17, 15) is 0 Å².